The van der Waals surface area contributed by atoms with Crippen molar-refractivity contribution in [1.82, 2.24) is 24.7 Å². The summed E-state index contributed by atoms with van der Waals surface area (Å²) in [5.41, 5.74) is -0.633. The van der Waals surface area contributed by atoms with Crippen LogP contribution in [0.3, 0.4) is 0 Å². The zero-order valence-electron chi connectivity index (χ0n) is 21.8. The molecule has 0 unspecified atom stereocenters. The summed E-state index contributed by atoms with van der Waals surface area (Å²) >= 11 is 3.64. The van der Waals surface area contributed by atoms with Crippen LogP contribution in [-0.4, -0.2) is 24.7 Å². The van der Waals surface area contributed by atoms with Crippen molar-refractivity contribution >= 4 is 34.4 Å². The van der Waals surface area contributed by atoms with Crippen molar-refractivity contribution in [3.05, 3.63) is 101 Å². The summed E-state index contributed by atoms with van der Waals surface area (Å²) in [5.74, 6) is 0.537. The van der Waals surface area contributed by atoms with Gasteiger partial charge in [0.2, 0.25) is 5.16 Å². The smallest absolute Gasteiger partial charge is 0.269 e. The van der Waals surface area contributed by atoms with Gasteiger partial charge in [0.05, 0.1) is 27.4 Å². The summed E-state index contributed by atoms with van der Waals surface area (Å²) in [5, 5.41) is 11.5. The Morgan fingerprint density at radius 3 is 2.00 bits per heavy atom. The van der Waals surface area contributed by atoms with E-state index in [1.54, 1.807) is 0 Å². The van der Waals surface area contributed by atoms with Gasteiger partial charge in [-0.15, -0.1) is 32.9 Å². The Bertz CT molecular complexity index is 1860. The van der Waals surface area contributed by atoms with E-state index in [1.165, 1.54) is 16.7 Å². The lowest BCUT2D eigenvalue weighted by Gasteiger charge is -2.13. The molecule has 0 amide bonds. The minimum absolute atomic E-state index is 0.0131. The summed E-state index contributed by atoms with van der Waals surface area (Å²) in [6.45, 7) is 1.88. The molecule has 14 heteroatoms. The fraction of sp³-hybridized carbons (Fsp3) is 0.103. The topological polar surface area (TPSA) is 56.5 Å². The minimum atomic E-state index is -4.96. The molecule has 0 spiro atoms. The average Bonchev–Trinajstić information content (AvgIpc) is 3.72. The number of para-hydroxylation sites is 1. The second-order valence-corrected chi connectivity index (χ2v) is 12.2. The van der Waals surface area contributed by atoms with Crippen LogP contribution >= 0.6 is 34.4 Å². The van der Waals surface area contributed by atoms with E-state index in [0.29, 0.717) is 27.5 Å². The lowest BCUT2D eigenvalue weighted by Crippen LogP contribution is -2.11. The molecule has 6 rings (SSSR count). The largest absolute Gasteiger partial charge is 0.416 e. The SMILES string of the molecule is Cc1nc(-c2ccccc2)sc1-c1nnc(Sc2nc(-c3cc(C(F)(F)F)cc(C(F)(F)F)c3)cs2)n1-c1ccccc1. The van der Waals surface area contributed by atoms with Gasteiger partial charge in [0.15, 0.2) is 10.2 Å². The van der Waals surface area contributed by atoms with Crippen molar-refractivity contribution < 1.29 is 26.3 Å². The third kappa shape index (κ3) is 6.08. The first-order valence-electron chi connectivity index (χ1n) is 12.4. The van der Waals surface area contributed by atoms with E-state index in [-0.39, 0.29) is 17.3 Å². The Morgan fingerprint density at radius 2 is 1.37 bits per heavy atom. The quantitative estimate of drug-likeness (QED) is 0.169. The molecule has 0 aliphatic carbocycles. The van der Waals surface area contributed by atoms with E-state index in [4.69, 9.17) is 4.98 Å². The van der Waals surface area contributed by atoms with Crippen molar-refractivity contribution in [2.75, 3.05) is 0 Å². The first kappa shape index (κ1) is 29.1. The predicted molar refractivity (Wildman–Crippen MR) is 154 cm³/mol. The fourth-order valence-electron chi connectivity index (χ4n) is 4.22. The lowest BCUT2D eigenvalue weighted by molar-refractivity contribution is -0.143. The van der Waals surface area contributed by atoms with Crippen LogP contribution in [0.25, 0.3) is 38.2 Å². The molecular formula is C29H17F6N5S3. The summed E-state index contributed by atoms with van der Waals surface area (Å²) in [6.07, 6.45) is -9.91. The Kier molecular flexibility index (Phi) is 7.60. The number of alkyl halides is 6. The number of hydrogen-bond donors (Lipinski definition) is 0. The maximum Gasteiger partial charge on any atom is 0.416 e. The molecule has 0 atom stereocenters. The van der Waals surface area contributed by atoms with Gasteiger partial charge in [0, 0.05) is 22.2 Å². The number of benzene rings is 3. The molecule has 0 bridgehead atoms. The standard InChI is InChI=1S/C29H17F6N5S3/c1-16-23(42-25(36-16)17-8-4-2-5-9-17)24-38-39-26(40(24)21-10-6-3-7-11-21)43-27-37-22(15-41-27)18-12-19(28(30,31)32)14-20(13-18)29(33,34)35/h2-15H,1H3. The molecule has 6 aromatic rings. The molecule has 0 saturated heterocycles. The number of thiazole rings is 2. The van der Waals surface area contributed by atoms with Gasteiger partial charge in [-0.25, -0.2) is 9.97 Å². The van der Waals surface area contributed by atoms with Crippen LogP contribution in [0.5, 0.6) is 0 Å². The first-order valence-corrected chi connectivity index (χ1v) is 15.0. The number of aryl methyl sites for hydroxylation is 1. The average molecular weight is 646 g/mol. The summed E-state index contributed by atoms with van der Waals surface area (Å²) in [4.78, 5) is 9.88. The van der Waals surface area contributed by atoms with Crippen LogP contribution < -0.4 is 0 Å². The monoisotopic (exact) mass is 645 g/mol. The number of halogens is 6. The maximum atomic E-state index is 13.4. The second-order valence-electron chi connectivity index (χ2n) is 9.17. The van der Waals surface area contributed by atoms with Crippen molar-refractivity contribution in [3.63, 3.8) is 0 Å². The molecule has 0 saturated carbocycles. The van der Waals surface area contributed by atoms with Crippen LogP contribution in [0.4, 0.5) is 26.3 Å². The van der Waals surface area contributed by atoms with Gasteiger partial charge >= 0.3 is 12.4 Å². The van der Waals surface area contributed by atoms with E-state index < -0.39 is 23.5 Å². The zero-order valence-corrected chi connectivity index (χ0v) is 24.3. The van der Waals surface area contributed by atoms with Gasteiger partial charge in [-0.1, -0.05) is 48.5 Å². The molecule has 5 nitrogen and oxygen atoms in total. The summed E-state index contributed by atoms with van der Waals surface area (Å²) in [7, 11) is 0. The minimum Gasteiger partial charge on any atom is -0.269 e. The van der Waals surface area contributed by atoms with Gasteiger partial charge in [-0.2, -0.15) is 26.3 Å². The third-order valence-electron chi connectivity index (χ3n) is 6.21. The molecule has 3 aromatic carbocycles. The van der Waals surface area contributed by atoms with Gasteiger partial charge in [-0.05, 0) is 49.0 Å². The van der Waals surface area contributed by atoms with E-state index in [9.17, 15) is 26.3 Å². The normalized spacial score (nSPS) is 12.2. The number of aromatic nitrogens is 5. The number of hydrogen-bond acceptors (Lipinski definition) is 7. The lowest BCUT2D eigenvalue weighted by atomic mass is 10.0. The van der Waals surface area contributed by atoms with Crippen LogP contribution in [0.1, 0.15) is 16.8 Å². The molecule has 0 N–H and O–H groups in total. The second kappa shape index (κ2) is 11.2. The van der Waals surface area contributed by atoms with Crippen LogP contribution in [-0.2, 0) is 12.4 Å². The van der Waals surface area contributed by atoms with Gasteiger partial charge < -0.3 is 0 Å². The Morgan fingerprint density at radius 1 is 0.744 bits per heavy atom. The van der Waals surface area contributed by atoms with E-state index in [0.717, 1.165) is 49.9 Å². The number of nitrogens with zero attached hydrogens (tertiary/aromatic N) is 5. The van der Waals surface area contributed by atoms with Gasteiger partial charge in [-0.3, -0.25) is 4.57 Å². The predicted octanol–water partition coefficient (Wildman–Crippen LogP) is 9.68. The van der Waals surface area contributed by atoms with Crippen LogP contribution in [0.15, 0.2) is 93.7 Å². The summed E-state index contributed by atoms with van der Waals surface area (Å²) in [6, 6.07) is 20.5. The van der Waals surface area contributed by atoms with E-state index >= 15 is 0 Å². The van der Waals surface area contributed by atoms with Crippen molar-refractivity contribution in [3.8, 4) is 38.2 Å². The zero-order chi connectivity index (χ0) is 30.4. The highest BCUT2D eigenvalue weighted by Gasteiger charge is 2.37. The van der Waals surface area contributed by atoms with Crippen molar-refractivity contribution in [2.24, 2.45) is 0 Å². The molecule has 0 aliphatic heterocycles. The highest BCUT2D eigenvalue weighted by atomic mass is 32.2. The molecule has 0 radical (unpaired) electrons. The maximum absolute atomic E-state index is 13.4. The number of rotatable bonds is 6. The van der Waals surface area contributed by atoms with Crippen LogP contribution in [0.2, 0.25) is 0 Å². The van der Waals surface area contributed by atoms with Crippen molar-refractivity contribution in [2.45, 2.75) is 28.8 Å². The summed E-state index contributed by atoms with van der Waals surface area (Å²) < 4.78 is 82.6. The van der Waals surface area contributed by atoms with E-state index in [2.05, 4.69) is 15.2 Å². The van der Waals surface area contributed by atoms with E-state index in [1.807, 2.05) is 72.2 Å². The molecule has 43 heavy (non-hydrogen) atoms. The molecule has 218 valence electrons. The van der Waals surface area contributed by atoms with Crippen LogP contribution in [0, 0.1) is 6.92 Å². The Balaban J connectivity index is 1.39. The Hall–Kier alpha value is -4.01. The molecular weight excluding hydrogens is 629 g/mol. The fourth-order valence-corrected chi connectivity index (χ4v) is 7.04. The van der Waals surface area contributed by atoms with Gasteiger partial charge in [0.25, 0.3) is 0 Å². The molecule has 3 heterocycles. The molecule has 0 aliphatic rings. The van der Waals surface area contributed by atoms with Crippen molar-refractivity contribution in [1.29, 1.82) is 0 Å². The third-order valence-corrected chi connectivity index (χ3v) is 9.30. The van der Waals surface area contributed by atoms with Gasteiger partial charge in [0.1, 0.15) is 5.01 Å². The highest BCUT2D eigenvalue weighted by molar-refractivity contribution is 8.00. The highest BCUT2D eigenvalue weighted by Crippen LogP contribution is 2.42. The molecule has 3 aromatic heterocycles. The molecule has 0 fully saturated rings. The first-order chi connectivity index (χ1) is 20.5. The Labute approximate surface area is 252 Å².